The third-order valence-corrected chi connectivity index (χ3v) is 4.02. The van der Waals surface area contributed by atoms with Gasteiger partial charge in [0.2, 0.25) is 0 Å². The molecule has 0 saturated carbocycles. The molecule has 0 radical (unpaired) electrons. The molecular weight excluding hydrogens is 326 g/mol. The predicted octanol–water partition coefficient (Wildman–Crippen LogP) is 3.65. The van der Waals surface area contributed by atoms with Crippen molar-refractivity contribution < 1.29 is 0 Å². The van der Waals surface area contributed by atoms with Crippen LogP contribution in [0.5, 0.6) is 0 Å². The van der Waals surface area contributed by atoms with Gasteiger partial charge in [-0.1, -0.05) is 33.6 Å². The minimum atomic E-state index is 0.176. The summed E-state index contributed by atoms with van der Waals surface area (Å²) in [7, 11) is 3.92. The average molecular weight is 343 g/mol. The Labute approximate surface area is 127 Å². The number of rotatable bonds is 4. The maximum atomic E-state index is 6.32. The Morgan fingerprint density at radius 1 is 1.42 bits per heavy atom. The molecule has 3 nitrogen and oxygen atoms in total. The summed E-state index contributed by atoms with van der Waals surface area (Å²) in [6, 6.07) is 8.28. The Morgan fingerprint density at radius 3 is 2.68 bits per heavy atom. The van der Waals surface area contributed by atoms with Gasteiger partial charge in [-0.25, -0.2) is 0 Å². The van der Waals surface area contributed by atoms with E-state index in [4.69, 9.17) is 11.6 Å². The standard InChI is InChI=1S/C14H17BrClN3/c1-9-6-11(19(3)18-9)8-14(17-2)12-5-4-10(15)7-13(12)16/h4-7,14,17H,8H2,1-3H3. The Hall–Kier alpha value is -0.840. The minimum Gasteiger partial charge on any atom is -0.313 e. The molecule has 0 spiro atoms. The van der Waals surface area contributed by atoms with Crippen LogP contribution in [0.25, 0.3) is 0 Å². The fourth-order valence-corrected chi connectivity index (χ4v) is 3.02. The molecule has 0 saturated heterocycles. The molecule has 0 amide bonds. The van der Waals surface area contributed by atoms with Gasteiger partial charge in [0.15, 0.2) is 0 Å². The monoisotopic (exact) mass is 341 g/mol. The first-order valence-electron chi connectivity index (χ1n) is 6.13. The molecule has 0 aliphatic carbocycles. The zero-order valence-electron chi connectivity index (χ0n) is 11.2. The van der Waals surface area contributed by atoms with E-state index in [0.717, 1.165) is 27.2 Å². The van der Waals surface area contributed by atoms with E-state index < -0.39 is 0 Å². The van der Waals surface area contributed by atoms with Crippen LogP contribution in [0, 0.1) is 6.92 Å². The molecular formula is C14H17BrClN3. The van der Waals surface area contributed by atoms with Crippen LogP contribution in [-0.4, -0.2) is 16.8 Å². The molecule has 1 aromatic carbocycles. The van der Waals surface area contributed by atoms with E-state index in [2.05, 4.69) is 38.5 Å². The number of aryl methyl sites for hydroxylation is 2. The molecule has 0 aliphatic rings. The second-order valence-electron chi connectivity index (χ2n) is 4.61. The number of nitrogens with one attached hydrogen (secondary N) is 1. The molecule has 0 fully saturated rings. The number of nitrogens with zero attached hydrogens (tertiary/aromatic N) is 2. The van der Waals surface area contributed by atoms with Crippen LogP contribution >= 0.6 is 27.5 Å². The molecule has 2 aromatic rings. The maximum Gasteiger partial charge on any atom is 0.0596 e. The largest absolute Gasteiger partial charge is 0.313 e. The van der Waals surface area contributed by atoms with E-state index >= 15 is 0 Å². The summed E-state index contributed by atoms with van der Waals surface area (Å²) >= 11 is 9.75. The molecule has 1 atom stereocenters. The summed E-state index contributed by atoms with van der Waals surface area (Å²) in [6.07, 6.45) is 0.856. The molecule has 19 heavy (non-hydrogen) atoms. The number of hydrogen-bond acceptors (Lipinski definition) is 2. The van der Waals surface area contributed by atoms with Crippen molar-refractivity contribution in [3.8, 4) is 0 Å². The Morgan fingerprint density at radius 2 is 2.16 bits per heavy atom. The topological polar surface area (TPSA) is 29.9 Å². The number of benzene rings is 1. The van der Waals surface area contributed by atoms with E-state index in [0.29, 0.717) is 0 Å². The number of likely N-dealkylation sites (N-methyl/N-ethyl adjacent to an activating group) is 1. The van der Waals surface area contributed by atoms with Crippen LogP contribution in [0.3, 0.4) is 0 Å². The summed E-state index contributed by atoms with van der Waals surface area (Å²) in [5.74, 6) is 0. The van der Waals surface area contributed by atoms with Gasteiger partial charge in [0.05, 0.1) is 5.69 Å². The van der Waals surface area contributed by atoms with Crippen LogP contribution in [0.2, 0.25) is 5.02 Å². The molecule has 1 unspecified atom stereocenters. The van der Waals surface area contributed by atoms with Gasteiger partial charge in [-0.05, 0) is 37.7 Å². The first kappa shape index (κ1) is 14.6. The van der Waals surface area contributed by atoms with Crippen LogP contribution in [0.15, 0.2) is 28.7 Å². The molecule has 2 rings (SSSR count). The van der Waals surface area contributed by atoms with Gasteiger partial charge in [0.1, 0.15) is 0 Å². The van der Waals surface area contributed by atoms with Crippen molar-refractivity contribution in [2.75, 3.05) is 7.05 Å². The van der Waals surface area contributed by atoms with Crippen molar-refractivity contribution in [2.24, 2.45) is 7.05 Å². The van der Waals surface area contributed by atoms with E-state index in [1.54, 1.807) is 0 Å². The van der Waals surface area contributed by atoms with Crippen molar-refractivity contribution in [1.29, 1.82) is 0 Å². The molecule has 0 aliphatic heterocycles. The first-order chi connectivity index (χ1) is 9.01. The second-order valence-corrected chi connectivity index (χ2v) is 5.93. The van der Waals surface area contributed by atoms with Gasteiger partial charge in [0, 0.05) is 34.7 Å². The van der Waals surface area contributed by atoms with Crippen molar-refractivity contribution in [3.63, 3.8) is 0 Å². The van der Waals surface area contributed by atoms with Gasteiger partial charge in [-0.2, -0.15) is 5.10 Å². The predicted molar refractivity (Wildman–Crippen MR) is 82.6 cm³/mol. The van der Waals surface area contributed by atoms with Crippen molar-refractivity contribution in [3.05, 3.63) is 50.7 Å². The number of halogens is 2. The van der Waals surface area contributed by atoms with Gasteiger partial charge in [-0.3, -0.25) is 4.68 Å². The Balaban J connectivity index is 2.27. The van der Waals surface area contributed by atoms with E-state index in [9.17, 15) is 0 Å². The van der Waals surface area contributed by atoms with Gasteiger partial charge in [0.25, 0.3) is 0 Å². The van der Waals surface area contributed by atoms with Crippen LogP contribution in [0.4, 0.5) is 0 Å². The van der Waals surface area contributed by atoms with Gasteiger partial charge in [-0.15, -0.1) is 0 Å². The highest BCUT2D eigenvalue weighted by Gasteiger charge is 2.16. The quantitative estimate of drug-likeness (QED) is 0.919. The fraction of sp³-hybridized carbons (Fsp3) is 0.357. The highest BCUT2D eigenvalue weighted by Crippen LogP contribution is 2.28. The minimum absolute atomic E-state index is 0.176. The summed E-state index contributed by atoms with van der Waals surface area (Å²) in [5, 5.41) is 8.47. The summed E-state index contributed by atoms with van der Waals surface area (Å²) in [5.41, 5.74) is 3.33. The molecule has 1 aromatic heterocycles. The second kappa shape index (κ2) is 6.07. The summed E-state index contributed by atoms with van der Waals surface area (Å²) in [4.78, 5) is 0. The molecule has 0 bridgehead atoms. The first-order valence-corrected chi connectivity index (χ1v) is 7.30. The summed E-state index contributed by atoms with van der Waals surface area (Å²) in [6.45, 7) is 2.00. The molecule has 1 heterocycles. The number of aromatic nitrogens is 2. The third-order valence-electron chi connectivity index (χ3n) is 3.20. The highest BCUT2D eigenvalue weighted by molar-refractivity contribution is 9.10. The normalized spacial score (nSPS) is 12.7. The lowest BCUT2D eigenvalue weighted by molar-refractivity contribution is 0.561. The van der Waals surface area contributed by atoms with Crippen LogP contribution in [0.1, 0.15) is 23.0 Å². The van der Waals surface area contributed by atoms with Gasteiger partial charge >= 0.3 is 0 Å². The van der Waals surface area contributed by atoms with E-state index in [1.807, 2.05) is 37.8 Å². The molecule has 5 heteroatoms. The van der Waals surface area contributed by atoms with E-state index in [-0.39, 0.29) is 6.04 Å². The van der Waals surface area contributed by atoms with E-state index in [1.165, 1.54) is 5.69 Å². The lowest BCUT2D eigenvalue weighted by Gasteiger charge is -2.18. The number of hydrogen-bond donors (Lipinski definition) is 1. The van der Waals surface area contributed by atoms with Crippen molar-refractivity contribution in [2.45, 2.75) is 19.4 Å². The highest BCUT2D eigenvalue weighted by atomic mass is 79.9. The van der Waals surface area contributed by atoms with Gasteiger partial charge < -0.3 is 5.32 Å². The Bertz CT molecular complexity index is 580. The summed E-state index contributed by atoms with van der Waals surface area (Å²) < 4.78 is 2.92. The average Bonchev–Trinajstić information content (AvgIpc) is 2.65. The Kier molecular flexibility index (Phi) is 4.66. The van der Waals surface area contributed by atoms with Crippen LogP contribution < -0.4 is 5.32 Å². The lowest BCUT2D eigenvalue weighted by atomic mass is 10.0. The zero-order chi connectivity index (χ0) is 14.0. The van der Waals surface area contributed by atoms with Crippen molar-refractivity contribution >= 4 is 27.5 Å². The van der Waals surface area contributed by atoms with Crippen molar-refractivity contribution in [1.82, 2.24) is 15.1 Å². The third kappa shape index (κ3) is 3.38. The van der Waals surface area contributed by atoms with Crippen LogP contribution in [-0.2, 0) is 13.5 Å². The SMILES string of the molecule is CNC(Cc1cc(C)nn1C)c1ccc(Br)cc1Cl. The smallest absolute Gasteiger partial charge is 0.0596 e. The fourth-order valence-electron chi connectivity index (χ4n) is 2.22. The molecule has 1 N–H and O–H groups in total. The zero-order valence-corrected chi connectivity index (χ0v) is 13.6. The lowest BCUT2D eigenvalue weighted by Crippen LogP contribution is -2.20. The molecule has 102 valence electrons. The maximum absolute atomic E-state index is 6.32.